The van der Waals surface area contributed by atoms with E-state index >= 15 is 0 Å². The predicted octanol–water partition coefficient (Wildman–Crippen LogP) is 2.92. The fraction of sp³-hybridized carbons (Fsp3) is 0.231. The second-order valence-electron chi connectivity index (χ2n) is 3.63. The van der Waals surface area contributed by atoms with Gasteiger partial charge >= 0.3 is 5.97 Å². The van der Waals surface area contributed by atoms with E-state index < -0.39 is 5.97 Å². The number of carbonyl (C=O) groups is 1. The molecule has 5 nitrogen and oxygen atoms in total. The van der Waals surface area contributed by atoms with Crippen molar-refractivity contribution < 1.29 is 19.4 Å². The Bertz CT molecular complexity index is 594. The van der Waals surface area contributed by atoms with Crippen LogP contribution in [-0.4, -0.2) is 29.8 Å². The summed E-state index contributed by atoms with van der Waals surface area (Å²) < 4.78 is 10.7. The molecule has 0 spiro atoms. The lowest BCUT2D eigenvalue weighted by Gasteiger charge is -2.09. The van der Waals surface area contributed by atoms with Gasteiger partial charge in [-0.2, -0.15) is 0 Å². The molecule has 2 rings (SSSR count). The Morgan fingerprint density at radius 1 is 1.42 bits per heavy atom. The van der Waals surface area contributed by atoms with E-state index in [1.165, 1.54) is 6.20 Å². The first-order valence-corrected chi connectivity index (χ1v) is 6.47. The Balaban J connectivity index is 2.36. The van der Waals surface area contributed by atoms with Gasteiger partial charge in [0, 0.05) is 5.56 Å². The molecule has 1 aromatic heterocycles. The topological polar surface area (TPSA) is 68.7 Å². The van der Waals surface area contributed by atoms with Crippen LogP contribution in [0.4, 0.5) is 0 Å². The molecule has 0 saturated carbocycles. The van der Waals surface area contributed by atoms with E-state index in [4.69, 9.17) is 14.6 Å². The van der Waals surface area contributed by atoms with Gasteiger partial charge in [-0.25, -0.2) is 9.78 Å². The Kier molecular flexibility index (Phi) is 4.01. The van der Waals surface area contributed by atoms with E-state index in [0.29, 0.717) is 23.1 Å². The van der Waals surface area contributed by atoms with Crippen molar-refractivity contribution in [3.8, 4) is 22.1 Å². The number of benzene rings is 1. The van der Waals surface area contributed by atoms with E-state index in [9.17, 15) is 4.79 Å². The second-order valence-corrected chi connectivity index (χ2v) is 4.66. The molecular weight excluding hydrogens is 266 g/mol. The predicted molar refractivity (Wildman–Crippen MR) is 72.2 cm³/mol. The van der Waals surface area contributed by atoms with Gasteiger partial charge in [0.05, 0.1) is 19.9 Å². The molecule has 0 radical (unpaired) electrons. The van der Waals surface area contributed by atoms with Gasteiger partial charge in [0.2, 0.25) is 0 Å². The number of ether oxygens (including phenoxy) is 2. The van der Waals surface area contributed by atoms with Crippen LogP contribution in [0.3, 0.4) is 0 Å². The second kappa shape index (κ2) is 5.71. The van der Waals surface area contributed by atoms with E-state index in [1.807, 2.05) is 13.0 Å². The van der Waals surface area contributed by atoms with E-state index in [0.717, 1.165) is 16.9 Å². The van der Waals surface area contributed by atoms with Crippen LogP contribution in [0.2, 0.25) is 0 Å². The zero-order valence-electron chi connectivity index (χ0n) is 10.5. The van der Waals surface area contributed by atoms with Gasteiger partial charge in [-0.05, 0) is 25.1 Å². The average molecular weight is 279 g/mol. The minimum absolute atomic E-state index is 0.211. The fourth-order valence-electron chi connectivity index (χ4n) is 1.58. The van der Waals surface area contributed by atoms with Crippen molar-refractivity contribution in [1.29, 1.82) is 0 Å². The molecule has 0 fully saturated rings. The summed E-state index contributed by atoms with van der Waals surface area (Å²) in [6.45, 7) is 2.45. The first-order chi connectivity index (χ1) is 9.15. The summed E-state index contributed by atoms with van der Waals surface area (Å²) in [7, 11) is 1.56. The van der Waals surface area contributed by atoms with E-state index in [2.05, 4.69) is 4.98 Å². The lowest BCUT2D eigenvalue weighted by atomic mass is 10.2. The summed E-state index contributed by atoms with van der Waals surface area (Å²) in [5.41, 5.74) is 0.804. The molecule has 1 N–H and O–H groups in total. The molecule has 100 valence electrons. The molecule has 0 amide bonds. The van der Waals surface area contributed by atoms with Crippen LogP contribution in [0.5, 0.6) is 11.5 Å². The molecule has 0 saturated heterocycles. The maximum absolute atomic E-state index is 10.8. The van der Waals surface area contributed by atoms with Crippen molar-refractivity contribution in [2.45, 2.75) is 6.92 Å². The summed E-state index contributed by atoms with van der Waals surface area (Å²) in [5.74, 6) is 0.289. The van der Waals surface area contributed by atoms with Crippen LogP contribution in [0.15, 0.2) is 24.4 Å². The maximum Gasteiger partial charge on any atom is 0.347 e. The highest BCUT2D eigenvalue weighted by Crippen LogP contribution is 2.34. The molecule has 0 atom stereocenters. The van der Waals surface area contributed by atoms with Crippen LogP contribution < -0.4 is 9.47 Å². The van der Waals surface area contributed by atoms with Gasteiger partial charge in [0.15, 0.2) is 11.5 Å². The zero-order valence-corrected chi connectivity index (χ0v) is 11.4. The number of rotatable bonds is 5. The summed E-state index contributed by atoms with van der Waals surface area (Å²) in [6.07, 6.45) is 1.35. The molecular formula is C13H13NO4S. The number of nitrogens with zero attached hydrogens (tertiary/aromatic N) is 1. The van der Waals surface area contributed by atoms with Gasteiger partial charge in [-0.1, -0.05) is 0 Å². The highest BCUT2D eigenvalue weighted by molar-refractivity contribution is 7.16. The average Bonchev–Trinajstić information content (AvgIpc) is 2.89. The molecule has 19 heavy (non-hydrogen) atoms. The molecule has 1 aromatic carbocycles. The lowest BCUT2D eigenvalue weighted by Crippen LogP contribution is -1.95. The number of aromatic carboxylic acids is 1. The molecule has 6 heteroatoms. The molecule has 0 unspecified atom stereocenters. The van der Waals surface area contributed by atoms with Crippen molar-refractivity contribution >= 4 is 17.3 Å². The summed E-state index contributed by atoms with van der Waals surface area (Å²) in [5, 5.41) is 9.52. The summed E-state index contributed by atoms with van der Waals surface area (Å²) in [4.78, 5) is 15.1. The van der Waals surface area contributed by atoms with Gasteiger partial charge in [0.25, 0.3) is 0 Å². The van der Waals surface area contributed by atoms with Crippen molar-refractivity contribution in [2.24, 2.45) is 0 Å². The van der Waals surface area contributed by atoms with Crippen LogP contribution in [-0.2, 0) is 0 Å². The van der Waals surface area contributed by atoms with Crippen molar-refractivity contribution in [1.82, 2.24) is 4.98 Å². The highest BCUT2D eigenvalue weighted by atomic mass is 32.1. The fourth-order valence-corrected chi connectivity index (χ4v) is 2.33. The zero-order chi connectivity index (χ0) is 13.8. The Hall–Kier alpha value is -2.08. The van der Waals surface area contributed by atoms with Crippen LogP contribution in [0, 0.1) is 0 Å². The number of methoxy groups -OCH3 is 1. The monoisotopic (exact) mass is 279 g/mol. The minimum Gasteiger partial charge on any atom is -0.493 e. The Morgan fingerprint density at radius 3 is 2.79 bits per heavy atom. The SMILES string of the molecule is CCOc1ccc(-c2ncc(C(=O)O)s2)cc1OC. The lowest BCUT2D eigenvalue weighted by molar-refractivity contribution is 0.0702. The highest BCUT2D eigenvalue weighted by Gasteiger charge is 2.12. The molecule has 2 aromatic rings. The quantitative estimate of drug-likeness (QED) is 0.911. The summed E-state index contributed by atoms with van der Waals surface area (Å²) in [6, 6.07) is 5.41. The number of aromatic nitrogens is 1. The summed E-state index contributed by atoms with van der Waals surface area (Å²) >= 11 is 1.13. The number of carboxylic acids is 1. The standard InChI is InChI=1S/C13H13NO4S/c1-3-18-9-5-4-8(6-10(9)17-2)12-14-7-11(19-12)13(15)16/h4-7H,3H2,1-2H3,(H,15,16). The molecule has 0 aliphatic rings. The minimum atomic E-state index is -0.971. The third-order valence-electron chi connectivity index (χ3n) is 2.43. The van der Waals surface area contributed by atoms with E-state index in [-0.39, 0.29) is 4.88 Å². The number of thiazole rings is 1. The van der Waals surface area contributed by atoms with Crippen LogP contribution in [0.25, 0.3) is 10.6 Å². The first kappa shape index (κ1) is 13.4. The van der Waals surface area contributed by atoms with Crippen molar-refractivity contribution in [3.05, 3.63) is 29.3 Å². The number of hydrogen-bond donors (Lipinski definition) is 1. The van der Waals surface area contributed by atoms with Gasteiger partial charge in [-0.3, -0.25) is 0 Å². The van der Waals surface area contributed by atoms with Crippen LogP contribution >= 0.6 is 11.3 Å². The molecule has 0 bridgehead atoms. The first-order valence-electron chi connectivity index (χ1n) is 5.66. The van der Waals surface area contributed by atoms with Gasteiger partial charge in [-0.15, -0.1) is 11.3 Å². The molecule has 1 heterocycles. The largest absolute Gasteiger partial charge is 0.493 e. The van der Waals surface area contributed by atoms with Crippen molar-refractivity contribution in [3.63, 3.8) is 0 Å². The third kappa shape index (κ3) is 2.85. The molecule has 0 aliphatic carbocycles. The van der Waals surface area contributed by atoms with Gasteiger partial charge < -0.3 is 14.6 Å². The van der Waals surface area contributed by atoms with E-state index in [1.54, 1.807) is 19.2 Å². The maximum atomic E-state index is 10.8. The molecule has 0 aliphatic heterocycles. The normalized spacial score (nSPS) is 10.2. The smallest absolute Gasteiger partial charge is 0.347 e. The number of carboxylic acid groups (broad SMARTS) is 1. The van der Waals surface area contributed by atoms with Crippen molar-refractivity contribution in [2.75, 3.05) is 13.7 Å². The Labute approximate surface area is 114 Å². The van der Waals surface area contributed by atoms with Gasteiger partial charge in [0.1, 0.15) is 9.88 Å². The van der Waals surface area contributed by atoms with Crippen LogP contribution in [0.1, 0.15) is 16.6 Å². The number of hydrogen-bond acceptors (Lipinski definition) is 5. The Morgan fingerprint density at radius 2 is 2.21 bits per heavy atom. The third-order valence-corrected chi connectivity index (χ3v) is 3.46.